The van der Waals surface area contributed by atoms with Crippen LogP contribution in [0, 0.1) is 6.92 Å². The molecule has 1 aromatic rings. The van der Waals surface area contributed by atoms with Gasteiger partial charge in [0.05, 0.1) is 5.56 Å². The van der Waals surface area contributed by atoms with Crippen LogP contribution in [0.25, 0.3) is 0 Å². The number of aromatic nitrogens is 1. The normalized spacial score (nSPS) is 17.2. The second kappa shape index (κ2) is 4.71. The predicted molar refractivity (Wildman–Crippen MR) is 66.9 cm³/mol. The van der Waals surface area contributed by atoms with Gasteiger partial charge in [-0.3, -0.25) is 4.79 Å². The molecule has 1 amide bonds. The molecular weight excluding hydrogens is 216 g/mol. The molecule has 0 saturated carbocycles. The van der Waals surface area contributed by atoms with E-state index in [0.717, 1.165) is 31.5 Å². The van der Waals surface area contributed by atoms with Crippen molar-refractivity contribution < 1.29 is 4.79 Å². The first kappa shape index (κ1) is 11.9. The van der Waals surface area contributed by atoms with E-state index in [1.165, 1.54) is 0 Å². The Morgan fingerprint density at radius 1 is 1.47 bits per heavy atom. The number of carbonyl (C=O) groups is 1. The molecule has 5 heteroatoms. The average Bonchev–Trinajstić information content (AvgIpc) is 2.29. The van der Waals surface area contributed by atoms with E-state index in [1.807, 2.05) is 6.92 Å². The van der Waals surface area contributed by atoms with Crippen LogP contribution in [0.5, 0.6) is 0 Å². The minimum Gasteiger partial charge on any atom is -0.365 e. The van der Waals surface area contributed by atoms with E-state index in [4.69, 9.17) is 11.5 Å². The molecule has 0 bridgehead atoms. The summed E-state index contributed by atoms with van der Waals surface area (Å²) >= 11 is 0. The number of pyridine rings is 1. The third-order valence-electron chi connectivity index (χ3n) is 3.22. The van der Waals surface area contributed by atoms with Gasteiger partial charge in [-0.05, 0) is 31.4 Å². The van der Waals surface area contributed by atoms with E-state index in [1.54, 1.807) is 12.3 Å². The van der Waals surface area contributed by atoms with Crippen LogP contribution in [0.2, 0.25) is 0 Å². The molecule has 2 heterocycles. The number of primary amides is 1. The lowest BCUT2D eigenvalue weighted by Gasteiger charge is -2.32. The summed E-state index contributed by atoms with van der Waals surface area (Å²) in [5.74, 6) is 0.282. The molecule has 1 aromatic heterocycles. The molecule has 2 rings (SSSR count). The van der Waals surface area contributed by atoms with Gasteiger partial charge in [0.2, 0.25) is 0 Å². The van der Waals surface area contributed by atoms with Gasteiger partial charge in [0, 0.05) is 25.3 Å². The van der Waals surface area contributed by atoms with Crippen LogP contribution in [0.4, 0.5) is 5.82 Å². The Bertz CT molecular complexity index is 425. The fourth-order valence-corrected chi connectivity index (χ4v) is 2.20. The van der Waals surface area contributed by atoms with E-state index in [0.29, 0.717) is 11.4 Å². The molecule has 0 unspecified atom stereocenters. The maximum absolute atomic E-state index is 11.5. The molecule has 0 aromatic carbocycles. The topological polar surface area (TPSA) is 85.2 Å². The number of amides is 1. The van der Waals surface area contributed by atoms with Gasteiger partial charge in [0.15, 0.2) is 0 Å². The van der Waals surface area contributed by atoms with Crippen molar-refractivity contribution in [2.24, 2.45) is 11.5 Å². The summed E-state index contributed by atoms with van der Waals surface area (Å²) in [5.41, 5.74) is 12.7. The summed E-state index contributed by atoms with van der Waals surface area (Å²) in [6.45, 7) is 3.54. The van der Waals surface area contributed by atoms with Crippen molar-refractivity contribution in [3.8, 4) is 0 Å². The highest BCUT2D eigenvalue weighted by molar-refractivity contribution is 5.99. The first-order valence-corrected chi connectivity index (χ1v) is 5.85. The molecular formula is C12H18N4O. The van der Waals surface area contributed by atoms with Crippen molar-refractivity contribution >= 4 is 11.7 Å². The van der Waals surface area contributed by atoms with Gasteiger partial charge in [-0.15, -0.1) is 0 Å². The number of nitrogens with zero attached hydrogens (tertiary/aromatic N) is 2. The second-order valence-electron chi connectivity index (χ2n) is 4.52. The molecule has 5 nitrogen and oxygen atoms in total. The minimum atomic E-state index is -0.416. The third-order valence-corrected chi connectivity index (χ3v) is 3.22. The first-order valence-electron chi connectivity index (χ1n) is 5.85. The number of nitrogens with two attached hydrogens (primary N) is 2. The van der Waals surface area contributed by atoms with E-state index in [2.05, 4.69) is 9.88 Å². The summed E-state index contributed by atoms with van der Waals surface area (Å²) in [4.78, 5) is 17.9. The Labute approximate surface area is 101 Å². The monoisotopic (exact) mass is 234 g/mol. The van der Waals surface area contributed by atoms with Crippen LogP contribution in [0.3, 0.4) is 0 Å². The summed E-state index contributed by atoms with van der Waals surface area (Å²) in [6.07, 6.45) is 3.56. The Balaban J connectivity index is 2.32. The molecule has 0 atom stereocenters. The zero-order valence-electron chi connectivity index (χ0n) is 10.0. The van der Waals surface area contributed by atoms with Crippen LogP contribution in [0.15, 0.2) is 12.3 Å². The first-order chi connectivity index (χ1) is 8.09. The van der Waals surface area contributed by atoms with Gasteiger partial charge in [0.25, 0.3) is 5.91 Å². The van der Waals surface area contributed by atoms with Gasteiger partial charge >= 0.3 is 0 Å². The summed E-state index contributed by atoms with van der Waals surface area (Å²) in [5, 5.41) is 0. The lowest BCUT2D eigenvalue weighted by molar-refractivity contribution is 0.1000. The Morgan fingerprint density at radius 3 is 2.71 bits per heavy atom. The maximum atomic E-state index is 11.5. The molecule has 1 fully saturated rings. The van der Waals surface area contributed by atoms with Crippen molar-refractivity contribution in [1.29, 1.82) is 0 Å². The molecule has 92 valence electrons. The highest BCUT2D eigenvalue weighted by Gasteiger charge is 2.22. The number of rotatable bonds is 2. The van der Waals surface area contributed by atoms with Crippen LogP contribution < -0.4 is 16.4 Å². The third kappa shape index (κ3) is 2.39. The molecule has 0 radical (unpaired) electrons. The molecule has 0 spiro atoms. The largest absolute Gasteiger partial charge is 0.365 e. The van der Waals surface area contributed by atoms with Crippen LogP contribution in [-0.2, 0) is 0 Å². The molecule has 0 aliphatic carbocycles. The highest BCUT2D eigenvalue weighted by Crippen LogP contribution is 2.23. The van der Waals surface area contributed by atoms with Crippen molar-refractivity contribution in [2.45, 2.75) is 25.8 Å². The number of piperidine rings is 1. The Morgan fingerprint density at radius 2 is 2.12 bits per heavy atom. The highest BCUT2D eigenvalue weighted by atomic mass is 16.1. The van der Waals surface area contributed by atoms with E-state index in [9.17, 15) is 4.79 Å². The van der Waals surface area contributed by atoms with Crippen molar-refractivity contribution in [1.82, 2.24) is 4.98 Å². The smallest absolute Gasteiger partial charge is 0.252 e. The Hall–Kier alpha value is -1.62. The summed E-state index contributed by atoms with van der Waals surface area (Å²) < 4.78 is 0. The van der Waals surface area contributed by atoms with Gasteiger partial charge in [-0.1, -0.05) is 0 Å². The lowest BCUT2D eigenvalue weighted by Crippen LogP contribution is -2.41. The fourth-order valence-electron chi connectivity index (χ4n) is 2.20. The number of hydrogen-bond acceptors (Lipinski definition) is 4. The molecule has 1 aliphatic rings. The second-order valence-corrected chi connectivity index (χ2v) is 4.52. The van der Waals surface area contributed by atoms with Gasteiger partial charge in [0.1, 0.15) is 5.82 Å². The zero-order valence-corrected chi connectivity index (χ0v) is 10.0. The SMILES string of the molecule is Cc1ccnc(N2CCC(N)CC2)c1C(N)=O. The van der Waals surface area contributed by atoms with Crippen molar-refractivity contribution in [3.63, 3.8) is 0 Å². The van der Waals surface area contributed by atoms with E-state index < -0.39 is 5.91 Å². The molecule has 1 aliphatic heterocycles. The van der Waals surface area contributed by atoms with Gasteiger partial charge < -0.3 is 16.4 Å². The van der Waals surface area contributed by atoms with Gasteiger partial charge in [-0.2, -0.15) is 0 Å². The summed E-state index contributed by atoms with van der Waals surface area (Å²) in [7, 11) is 0. The Kier molecular flexibility index (Phi) is 3.28. The van der Waals surface area contributed by atoms with Crippen molar-refractivity contribution in [2.75, 3.05) is 18.0 Å². The minimum absolute atomic E-state index is 0.257. The number of anilines is 1. The number of hydrogen-bond donors (Lipinski definition) is 2. The standard InChI is InChI=1S/C12H18N4O/c1-8-2-5-15-12(10(8)11(14)17)16-6-3-9(13)4-7-16/h2,5,9H,3-4,6-7,13H2,1H3,(H2,14,17). The van der Waals surface area contributed by atoms with E-state index in [-0.39, 0.29) is 6.04 Å². The maximum Gasteiger partial charge on any atom is 0.252 e. The van der Waals surface area contributed by atoms with Gasteiger partial charge in [-0.25, -0.2) is 4.98 Å². The lowest BCUT2D eigenvalue weighted by atomic mass is 10.0. The molecule has 17 heavy (non-hydrogen) atoms. The van der Waals surface area contributed by atoms with Crippen LogP contribution >= 0.6 is 0 Å². The molecule has 4 N–H and O–H groups in total. The van der Waals surface area contributed by atoms with Crippen molar-refractivity contribution in [3.05, 3.63) is 23.4 Å². The quantitative estimate of drug-likeness (QED) is 0.776. The predicted octanol–water partition coefficient (Wildman–Crippen LogP) is 0.416. The molecule has 1 saturated heterocycles. The summed E-state index contributed by atoms with van der Waals surface area (Å²) in [6, 6.07) is 2.06. The number of aryl methyl sites for hydroxylation is 1. The fraction of sp³-hybridized carbons (Fsp3) is 0.500. The van der Waals surface area contributed by atoms with E-state index >= 15 is 0 Å². The van der Waals surface area contributed by atoms with Crippen LogP contribution in [-0.4, -0.2) is 30.0 Å². The average molecular weight is 234 g/mol. The zero-order chi connectivity index (χ0) is 12.4. The number of carbonyl (C=O) groups excluding carboxylic acids is 1. The van der Waals surface area contributed by atoms with Crippen LogP contribution in [0.1, 0.15) is 28.8 Å².